The van der Waals surface area contributed by atoms with E-state index in [1.165, 1.54) is 12.5 Å². The predicted molar refractivity (Wildman–Crippen MR) is 104 cm³/mol. The lowest BCUT2D eigenvalue weighted by Gasteiger charge is -2.20. The lowest BCUT2D eigenvalue weighted by atomic mass is 10.2. The van der Waals surface area contributed by atoms with Crippen LogP contribution in [0.15, 0.2) is 44.0 Å². The molecular weight excluding hydrogens is 330 g/mol. The number of unbranched alkanes of at least 4 members (excludes halogenated alkanes) is 2. The first-order valence-electron chi connectivity index (χ1n) is 9.48. The van der Waals surface area contributed by atoms with E-state index in [1.54, 1.807) is 6.20 Å². The van der Waals surface area contributed by atoms with Gasteiger partial charge in [-0.1, -0.05) is 39.8 Å². The van der Waals surface area contributed by atoms with Crippen molar-refractivity contribution in [3.8, 4) is 11.6 Å². The van der Waals surface area contributed by atoms with Crippen LogP contribution in [0.2, 0.25) is 0 Å². The summed E-state index contributed by atoms with van der Waals surface area (Å²) in [6.07, 6.45) is 10.8. The SMILES string of the molecule is C=COC(CCCC)COc1cccnc1OCC(CCCC)OC=C. The van der Waals surface area contributed by atoms with Crippen LogP contribution in [-0.4, -0.2) is 30.4 Å². The molecule has 0 radical (unpaired) electrons. The standard InChI is InChI=1S/C21H33NO4/c1-5-9-12-18(23-7-3)16-25-20-14-11-15-22-21(20)26-17-19(24-8-4)13-10-6-2/h7-8,11,14-15,18-19H,3-6,9-10,12-13,16-17H2,1-2H3. The van der Waals surface area contributed by atoms with Crippen LogP contribution in [0.5, 0.6) is 11.6 Å². The summed E-state index contributed by atoms with van der Waals surface area (Å²) in [4.78, 5) is 4.29. The zero-order chi connectivity index (χ0) is 19.0. The Morgan fingerprint density at radius 2 is 1.54 bits per heavy atom. The zero-order valence-electron chi connectivity index (χ0n) is 16.2. The van der Waals surface area contributed by atoms with Crippen LogP contribution in [-0.2, 0) is 9.47 Å². The van der Waals surface area contributed by atoms with Gasteiger partial charge in [0.2, 0.25) is 0 Å². The van der Waals surface area contributed by atoms with E-state index in [-0.39, 0.29) is 12.2 Å². The molecule has 1 rings (SSSR count). The van der Waals surface area contributed by atoms with E-state index in [2.05, 4.69) is 32.0 Å². The van der Waals surface area contributed by atoms with E-state index in [9.17, 15) is 0 Å². The number of hydrogen-bond acceptors (Lipinski definition) is 5. The number of ether oxygens (including phenoxy) is 4. The van der Waals surface area contributed by atoms with E-state index >= 15 is 0 Å². The van der Waals surface area contributed by atoms with Crippen molar-refractivity contribution in [1.82, 2.24) is 4.98 Å². The van der Waals surface area contributed by atoms with E-state index in [0.717, 1.165) is 38.5 Å². The molecule has 0 aromatic carbocycles. The second-order valence-electron chi connectivity index (χ2n) is 6.06. The van der Waals surface area contributed by atoms with Crippen LogP contribution in [0.3, 0.4) is 0 Å². The normalized spacial score (nSPS) is 12.7. The van der Waals surface area contributed by atoms with Gasteiger partial charge in [-0.2, -0.15) is 0 Å². The molecule has 0 saturated carbocycles. The van der Waals surface area contributed by atoms with Crippen molar-refractivity contribution in [3.63, 3.8) is 0 Å². The minimum atomic E-state index is -0.0382. The highest BCUT2D eigenvalue weighted by atomic mass is 16.6. The molecule has 0 N–H and O–H groups in total. The molecule has 5 heteroatoms. The van der Waals surface area contributed by atoms with Gasteiger partial charge in [-0.15, -0.1) is 0 Å². The Kier molecular flexibility index (Phi) is 11.8. The van der Waals surface area contributed by atoms with Crippen LogP contribution in [0.25, 0.3) is 0 Å². The van der Waals surface area contributed by atoms with Crippen molar-refractivity contribution in [2.75, 3.05) is 13.2 Å². The Bertz CT molecular complexity index is 462. The van der Waals surface area contributed by atoms with Crippen LogP contribution < -0.4 is 9.47 Å². The second kappa shape index (κ2) is 14.0. The third-order valence-electron chi connectivity index (χ3n) is 3.90. The van der Waals surface area contributed by atoms with Gasteiger partial charge in [0.25, 0.3) is 5.88 Å². The fraction of sp³-hybridized carbons (Fsp3) is 0.571. The molecule has 0 bridgehead atoms. The van der Waals surface area contributed by atoms with Gasteiger partial charge in [-0.25, -0.2) is 4.98 Å². The highest BCUT2D eigenvalue weighted by Crippen LogP contribution is 2.25. The van der Waals surface area contributed by atoms with Gasteiger partial charge in [0.15, 0.2) is 5.75 Å². The quantitative estimate of drug-likeness (QED) is 0.374. The molecule has 2 atom stereocenters. The monoisotopic (exact) mass is 363 g/mol. The van der Waals surface area contributed by atoms with Gasteiger partial charge in [-0.3, -0.25) is 0 Å². The van der Waals surface area contributed by atoms with Gasteiger partial charge in [0.1, 0.15) is 25.4 Å². The molecule has 146 valence electrons. The first kappa shape index (κ1) is 21.9. The van der Waals surface area contributed by atoms with Gasteiger partial charge < -0.3 is 18.9 Å². The number of hydrogen-bond donors (Lipinski definition) is 0. The summed E-state index contributed by atoms with van der Waals surface area (Å²) in [6, 6.07) is 3.68. The lowest BCUT2D eigenvalue weighted by Crippen LogP contribution is -2.22. The van der Waals surface area contributed by atoms with Gasteiger partial charge in [0, 0.05) is 6.20 Å². The second-order valence-corrected chi connectivity index (χ2v) is 6.06. The van der Waals surface area contributed by atoms with Gasteiger partial charge in [0.05, 0.1) is 12.5 Å². The average Bonchev–Trinajstić information content (AvgIpc) is 2.66. The summed E-state index contributed by atoms with van der Waals surface area (Å²) in [5.74, 6) is 1.07. The smallest absolute Gasteiger partial charge is 0.257 e. The van der Waals surface area contributed by atoms with Crippen molar-refractivity contribution in [1.29, 1.82) is 0 Å². The Hall–Kier alpha value is -2.17. The summed E-state index contributed by atoms with van der Waals surface area (Å²) in [5, 5.41) is 0. The molecule has 0 fully saturated rings. The molecule has 0 aliphatic heterocycles. The molecule has 0 amide bonds. The fourth-order valence-corrected chi connectivity index (χ4v) is 2.47. The Labute approximate surface area is 158 Å². The molecule has 5 nitrogen and oxygen atoms in total. The summed E-state index contributed by atoms with van der Waals surface area (Å²) < 4.78 is 22.8. The predicted octanol–water partition coefficient (Wildman–Crippen LogP) is 5.28. The maximum Gasteiger partial charge on any atom is 0.257 e. The molecule has 0 aliphatic rings. The van der Waals surface area contributed by atoms with Gasteiger partial charge in [-0.05, 0) is 37.8 Å². The van der Waals surface area contributed by atoms with Crippen LogP contribution in [0.1, 0.15) is 52.4 Å². The minimum Gasteiger partial charge on any atom is -0.495 e. The van der Waals surface area contributed by atoms with Gasteiger partial charge >= 0.3 is 0 Å². The maximum absolute atomic E-state index is 5.90. The minimum absolute atomic E-state index is 0.0260. The molecule has 1 aromatic rings. The molecule has 1 aromatic heterocycles. The maximum atomic E-state index is 5.90. The number of aromatic nitrogens is 1. The molecule has 0 saturated heterocycles. The number of rotatable bonds is 16. The summed E-state index contributed by atoms with van der Waals surface area (Å²) in [5.41, 5.74) is 0. The molecule has 26 heavy (non-hydrogen) atoms. The number of nitrogens with zero attached hydrogens (tertiary/aromatic N) is 1. The van der Waals surface area contributed by atoms with E-state index in [0.29, 0.717) is 24.8 Å². The van der Waals surface area contributed by atoms with Crippen molar-refractivity contribution < 1.29 is 18.9 Å². The van der Waals surface area contributed by atoms with Crippen molar-refractivity contribution >= 4 is 0 Å². The van der Waals surface area contributed by atoms with Crippen LogP contribution in [0, 0.1) is 0 Å². The van der Waals surface area contributed by atoms with Crippen LogP contribution in [0.4, 0.5) is 0 Å². The Morgan fingerprint density at radius 3 is 2.08 bits per heavy atom. The highest BCUT2D eigenvalue weighted by Gasteiger charge is 2.15. The van der Waals surface area contributed by atoms with E-state index < -0.39 is 0 Å². The molecule has 1 heterocycles. The van der Waals surface area contributed by atoms with E-state index in [4.69, 9.17) is 18.9 Å². The summed E-state index contributed by atoms with van der Waals surface area (Å²) >= 11 is 0. The van der Waals surface area contributed by atoms with Crippen molar-refractivity contribution in [3.05, 3.63) is 44.0 Å². The average molecular weight is 363 g/mol. The topological polar surface area (TPSA) is 49.8 Å². The molecular formula is C21H33NO4. The summed E-state index contributed by atoms with van der Waals surface area (Å²) in [7, 11) is 0. The highest BCUT2D eigenvalue weighted by molar-refractivity contribution is 5.32. The summed E-state index contributed by atoms with van der Waals surface area (Å²) in [6.45, 7) is 12.4. The largest absolute Gasteiger partial charge is 0.495 e. The first-order valence-corrected chi connectivity index (χ1v) is 9.48. The number of pyridine rings is 1. The first-order chi connectivity index (χ1) is 12.7. The molecule has 0 aliphatic carbocycles. The zero-order valence-corrected chi connectivity index (χ0v) is 16.2. The van der Waals surface area contributed by atoms with Crippen molar-refractivity contribution in [2.24, 2.45) is 0 Å². The lowest BCUT2D eigenvalue weighted by molar-refractivity contribution is 0.0673. The third-order valence-corrected chi connectivity index (χ3v) is 3.90. The third kappa shape index (κ3) is 8.79. The molecule has 0 spiro atoms. The fourth-order valence-electron chi connectivity index (χ4n) is 2.47. The Morgan fingerprint density at radius 1 is 0.962 bits per heavy atom. The van der Waals surface area contributed by atoms with Crippen molar-refractivity contribution in [2.45, 2.75) is 64.6 Å². The Balaban J connectivity index is 2.61. The molecule has 2 unspecified atom stereocenters. The van der Waals surface area contributed by atoms with E-state index in [1.807, 2.05) is 12.1 Å². The van der Waals surface area contributed by atoms with Crippen LogP contribution >= 0.6 is 0 Å².